The van der Waals surface area contributed by atoms with Crippen LogP contribution in [0.15, 0.2) is 144 Å². The van der Waals surface area contributed by atoms with E-state index in [1.165, 1.54) is 43.2 Å². The predicted molar refractivity (Wildman–Crippen MR) is 355 cm³/mol. The largest absolute Gasteiger partial charge is 0.467 e. The minimum absolute atomic E-state index is 0.0715. The van der Waals surface area contributed by atoms with Gasteiger partial charge in [0, 0.05) is 75.4 Å². The summed E-state index contributed by atoms with van der Waals surface area (Å²) >= 11 is 3.36. The van der Waals surface area contributed by atoms with E-state index >= 15 is 0 Å². The summed E-state index contributed by atoms with van der Waals surface area (Å²) in [5.41, 5.74) is 2.26. The van der Waals surface area contributed by atoms with E-state index in [0.29, 0.717) is 13.3 Å². The van der Waals surface area contributed by atoms with Crippen molar-refractivity contribution in [3.63, 3.8) is 0 Å². The number of furan rings is 1. The SMILES string of the molecule is C1CCCCC1.CC.CC.CC.CC.CC.CN1CCN(C)C1=O.CN1CN(c2ccccc2)CN(C)C1=O.COC.COC.Cc1ccc(C)o1.Cc1nc2ccccc2s1.Cc1nnc(C)s1.c1ccccc1.c1ccccc1. The van der Waals surface area contributed by atoms with Crippen LogP contribution in [0.1, 0.15) is 134 Å². The van der Waals surface area contributed by atoms with Crippen molar-refractivity contribution in [2.75, 3.05) is 88.0 Å². The van der Waals surface area contributed by atoms with Crippen LogP contribution in [-0.2, 0) is 9.47 Å². The smallest absolute Gasteiger partial charge is 0.322 e. The summed E-state index contributed by atoms with van der Waals surface area (Å²) in [5.74, 6) is 1.97. The number of aryl methyl sites for hydroxylation is 5. The lowest BCUT2D eigenvalue weighted by Crippen LogP contribution is -2.55. The van der Waals surface area contributed by atoms with E-state index in [4.69, 9.17) is 4.42 Å². The molecule has 10 rings (SSSR count). The highest BCUT2D eigenvalue weighted by Crippen LogP contribution is 2.20. The first kappa shape index (κ1) is 83.7. The second kappa shape index (κ2) is 61.5. The molecule has 81 heavy (non-hydrogen) atoms. The fourth-order valence-electron chi connectivity index (χ4n) is 6.32. The van der Waals surface area contributed by atoms with Crippen LogP contribution < -0.4 is 4.90 Å². The Morgan fingerprint density at radius 1 is 0.407 bits per heavy atom. The number of benzene rings is 4. The number of thiazole rings is 1. The zero-order valence-electron chi connectivity index (χ0n) is 54.8. The van der Waals surface area contributed by atoms with E-state index in [-0.39, 0.29) is 12.1 Å². The molecule has 1 aliphatic carbocycles. The van der Waals surface area contributed by atoms with Gasteiger partial charge >= 0.3 is 12.1 Å². The number of para-hydroxylation sites is 2. The molecule has 4 amide bonds. The quantitative estimate of drug-likeness (QED) is 0.158. The number of anilines is 1. The third kappa shape index (κ3) is 47.2. The molecule has 458 valence electrons. The van der Waals surface area contributed by atoms with E-state index < -0.39 is 0 Å². The van der Waals surface area contributed by atoms with Crippen molar-refractivity contribution in [3.05, 3.63) is 166 Å². The minimum Gasteiger partial charge on any atom is -0.467 e. The first-order valence-corrected chi connectivity index (χ1v) is 30.4. The molecule has 0 atom stereocenters. The van der Waals surface area contributed by atoms with Gasteiger partial charge in [-0.1, -0.05) is 211 Å². The van der Waals surface area contributed by atoms with Crippen molar-refractivity contribution in [1.29, 1.82) is 0 Å². The molecule has 13 nitrogen and oxygen atoms in total. The van der Waals surface area contributed by atoms with Gasteiger partial charge in [0.1, 0.15) is 21.5 Å². The summed E-state index contributed by atoms with van der Waals surface area (Å²) in [7, 11) is 13.7. The van der Waals surface area contributed by atoms with Crippen molar-refractivity contribution in [3.8, 4) is 0 Å². The molecule has 1 saturated carbocycles. The second-order valence-corrected chi connectivity index (χ2v) is 19.0. The van der Waals surface area contributed by atoms with Crippen molar-refractivity contribution >= 4 is 50.6 Å². The number of rotatable bonds is 1. The minimum atomic E-state index is 0.0715. The van der Waals surface area contributed by atoms with E-state index in [9.17, 15) is 9.59 Å². The number of aromatic nitrogens is 3. The molecule has 0 bridgehead atoms. The Bertz CT molecular complexity index is 2100. The van der Waals surface area contributed by atoms with Crippen LogP contribution in [0.25, 0.3) is 10.2 Å². The number of urea groups is 2. The van der Waals surface area contributed by atoms with E-state index in [2.05, 4.69) is 47.8 Å². The number of carbonyl (C=O) groups is 2. The molecule has 5 heterocycles. The predicted octanol–water partition coefficient (Wildman–Crippen LogP) is 18.4. The summed E-state index contributed by atoms with van der Waals surface area (Å²) in [4.78, 5) is 35.6. The maximum absolute atomic E-state index is 11.5. The molecule has 0 spiro atoms. The summed E-state index contributed by atoms with van der Waals surface area (Å²) in [5, 5.41) is 10.8. The first-order valence-electron chi connectivity index (χ1n) is 28.8. The Morgan fingerprint density at radius 3 is 0.963 bits per heavy atom. The van der Waals surface area contributed by atoms with Gasteiger partial charge in [-0.25, -0.2) is 14.6 Å². The molecule has 0 unspecified atom stereocenters. The van der Waals surface area contributed by atoms with Gasteiger partial charge in [0.15, 0.2) is 0 Å². The van der Waals surface area contributed by atoms with Crippen LogP contribution in [0.2, 0.25) is 0 Å². The molecular formula is C66H112N8O5S2. The monoisotopic (exact) mass is 1160 g/mol. The van der Waals surface area contributed by atoms with Crippen LogP contribution in [0, 0.1) is 34.6 Å². The van der Waals surface area contributed by atoms with E-state index in [1.54, 1.807) is 70.7 Å². The maximum atomic E-state index is 11.5. The zero-order valence-corrected chi connectivity index (χ0v) is 56.4. The maximum Gasteiger partial charge on any atom is 0.322 e. The van der Waals surface area contributed by atoms with Gasteiger partial charge in [-0.15, -0.1) is 32.9 Å². The number of fused-ring (bicyclic) bond motifs is 1. The number of methoxy groups -OCH3 is 2. The normalized spacial score (nSPS) is 11.9. The van der Waals surface area contributed by atoms with Gasteiger partial charge in [-0.2, -0.15) is 0 Å². The molecule has 3 aromatic heterocycles. The molecule has 0 N–H and O–H groups in total. The standard InChI is InChI=1S/C11H15N3O.C8H7NS.C6H8O.C6H12.2C6H6.C5H10N2O.C4H6N2S.2C2H6O.5C2H6/c1-12-8-14(9-13(2)11(12)15)10-6-4-3-5-7-10;1-6-9-7-4-2-3-5-8(7)10-6;1-5-3-4-6(2)7-5;3*1-2-4-6-5-3-1;1-6-3-4-7(2)5(6)8;1-3-5-6-4(2)7-3;2*1-3-2;5*1-2/h3-7H,8-9H2,1-2H3;2-5H,1H3;3-4H,1-2H3;1-6H2;2*1-6H;3-4H2,1-2H3;1-2H3;2*1-2H3;5*1-2H3. The van der Waals surface area contributed by atoms with E-state index in [1.807, 2.05) is 253 Å². The van der Waals surface area contributed by atoms with E-state index in [0.717, 1.165) is 50.8 Å². The number of carbonyl (C=O) groups excluding carboxylic acids is 2. The molecule has 15 heteroatoms. The molecule has 7 aromatic rings. The van der Waals surface area contributed by atoms with Gasteiger partial charge in [0.25, 0.3) is 0 Å². The number of hydrogen-bond donors (Lipinski definition) is 0. The second-order valence-electron chi connectivity index (χ2n) is 16.4. The third-order valence-electron chi connectivity index (χ3n) is 9.70. The Labute approximate surface area is 502 Å². The molecule has 2 saturated heterocycles. The topological polar surface area (TPSA) is 121 Å². The molecule has 3 aliphatic rings. The molecule has 3 fully saturated rings. The lowest BCUT2D eigenvalue weighted by molar-refractivity contribution is 0.154. The van der Waals surface area contributed by atoms with Gasteiger partial charge in [-0.3, -0.25) is 0 Å². The number of likely N-dealkylation sites (N-methyl/N-ethyl adjacent to an activating group) is 2. The number of nitrogens with zero attached hydrogens (tertiary/aromatic N) is 8. The number of hydrogen-bond acceptors (Lipinski definition) is 11. The average molecular weight is 1160 g/mol. The number of amides is 4. The molecule has 4 aromatic carbocycles. The summed E-state index contributed by atoms with van der Waals surface area (Å²) in [6.07, 6.45) is 9.00. The van der Waals surface area contributed by atoms with Crippen LogP contribution in [-0.4, -0.2) is 130 Å². The summed E-state index contributed by atoms with van der Waals surface area (Å²) in [6, 6.07) is 46.4. The lowest BCUT2D eigenvalue weighted by Gasteiger charge is -2.40. The highest BCUT2D eigenvalue weighted by Gasteiger charge is 2.24. The Kier molecular flexibility index (Phi) is 63.5. The zero-order chi connectivity index (χ0) is 62.7. The summed E-state index contributed by atoms with van der Waals surface area (Å²) in [6.45, 7) is 32.8. The van der Waals surface area contributed by atoms with Gasteiger partial charge in [-0.05, 0) is 71.0 Å². The first-order chi connectivity index (χ1) is 39.2. The van der Waals surface area contributed by atoms with Crippen molar-refractivity contribution in [2.24, 2.45) is 0 Å². The summed E-state index contributed by atoms with van der Waals surface area (Å²) < 4.78 is 14.9. The van der Waals surface area contributed by atoms with Gasteiger partial charge < -0.3 is 38.4 Å². The molecule has 0 radical (unpaired) electrons. The lowest BCUT2D eigenvalue weighted by atomic mass is 10.0. The fourth-order valence-corrected chi connectivity index (χ4v) is 7.74. The third-order valence-corrected chi connectivity index (χ3v) is 11.4. The Balaban J connectivity index is -0.000000266. The van der Waals surface area contributed by atoms with Crippen molar-refractivity contribution < 1.29 is 23.5 Å². The van der Waals surface area contributed by atoms with Gasteiger partial charge in [0.2, 0.25) is 0 Å². The Hall–Kier alpha value is -6.13. The van der Waals surface area contributed by atoms with Crippen LogP contribution in [0.4, 0.5) is 15.3 Å². The van der Waals surface area contributed by atoms with Crippen LogP contribution in [0.3, 0.4) is 0 Å². The van der Waals surface area contributed by atoms with Crippen LogP contribution >= 0.6 is 22.7 Å². The fraction of sp³-hybridized carbons (Fsp3) is 0.500. The average Bonchev–Trinajstić information content (AvgIpc) is 4.31. The van der Waals surface area contributed by atoms with Crippen LogP contribution in [0.5, 0.6) is 0 Å². The number of ether oxygens (including phenoxy) is 2. The van der Waals surface area contributed by atoms with Crippen molar-refractivity contribution in [1.82, 2.24) is 34.8 Å². The van der Waals surface area contributed by atoms with Gasteiger partial charge in [0.05, 0.1) is 28.6 Å². The van der Waals surface area contributed by atoms with Crippen molar-refractivity contribution in [2.45, 2.75) is 142 Å². The highest BCUT2D eigenvalue weighted by atomic mass is 32.1. The highest BCUT2D eigenvalue weighted by molar-refractivity contribution is 7.18. The Morgan fingerprint density at radius 2 is 0.704 bits per heavy atom. The molecular weight excluding hydrogens is 1050 g/mol. The molecule has 2 aliphatic heterocycles.